The van der Waals surface area contributed by atoms with Crippen molar-refractivity contribution in [1.29, 1.82) is 10.5 Å². The van der Waals surface area contributed by atoms with Crippen LogP contribution in [0.5, 0.6) is 0 Å². The van der Waals surface area contributed by atoms with Crippen molar-refractivity contribution in [3.05, 3.63) is 66.2 Å². The maximum absolute atomic E-state index is 8.99. The van der Waals surface area contributed by atoms with E-state index in [1.54, 1.807) is 0 Å². The highest BCUT2D eigenvalue weighted by Gasteiger charge is 2.14. The Bertz CT molecular complexity index is 594. The number of para-hydroxylation sites is 1. The average Bonchev–Trinajstić information content (AvgIpc) is 2.53. The van der Waals surface area contributed by atoms with Crippen LogP contribution in [0, 0.1) is 28.6 Å². The second-order valence-electron chi connectivity index (χ2n) is 4.51. The molecular weight excluding hydrogens is 246 g/mol. The summed E-state index contributed by atoms with van der Waals surface area (Å²) in [5.41, 5.74) is 2.18. The van der Waals surface area contributed by atoms with Crippen molar-refractivity contribution in [2.45, 2.75) is 6.54 Å². The number of benzene rings is 2. The van der Waals surface area contributed by atoms with E-state index in [1.165, 1.54) is 0 Å². The molecule has 0 unspecified atom stereocenters. The van der Waals surface area contributed by atoms with Gasteiger partial charge in [0.2, 0.25) is 0 Å². The molecule has 0 atom stereocenters. The van der Waals surface area contributed by atoms with Crippen LogP contribution in [0.15, 0.2) is 60.7 Å². The van der Waals surface area contributed by atoms with Gasteiger partial charge in [-0.05, 0) is 17.7 Å². The normalized spacial score (nSPS) is 9.75. The summed E-state index contributed by atoms with van der Waals surface area (Å²) in [6.07, 6.45) is 0. The Morgan fingerprint density at radius 3 is 1.95 bits per heavy atom. The van der Waals surface area contributed by atoms with E-state index in [1.807, 2.05) is 72.8 Å². The molecule has 0 aliphatic heterocycles. The summed E-state index contributed by atoms with van der Waals surface area (Å²) in [4.78, 5) is 2.06. The van der Waals surface area contributed by atoms with Crippen molar-refractivity contribution < 1.29 is 0 Å². The summed E-state index contributed by atoms with van der Waals surface area (Å²) in [6.45, 7) is 1.09. The van der Waals surface area contributed by atoms with Crippen molar-refractivity contribution in [3.63, 3.8) is 0 Å². The summed E-state index contributed by atoms with van der Waals surface area (Å²) in [5.74, 6) is -0.626. The Hall–Kier alpha value is -2.78. The lowest BCUT2D eigenvalue weighted by atomic mass is 10.1. The maximum atomic E-state index is 8.99. The quantitative estimate of drug-likeness (QED) is 0.829. The van der Waals surface area contributed by atoms with E-state index in [0.29, 0.717) is 13.1 Å². The Balaban J connectivity index is 2.21. The first-order chi connectivity index (χ1) is 9.83. The molecule has 0 aliphatic carbocycles. The average molecular weight is 261 g/mol. The monoisotopic (exact) mass is 261 g/mol. The van der Waals surface area contributed by atoms with Gasteiger partial charge in [-0.25, -0.2) is 0 Å². The first-order valence-electron chi connectivity index (χ1n) is 6.46. The first kappa shape index (κ1) is 13.6. The van der Waals surface area contributed by atoms with Crippen LogP contribution in [-0.2, 0) is 6.54 Å². The molecule has 3 heteroatoms. The van der Waals surface area contributed by atoms with Gasteiger partial charge < -0.3 is 4.90 Å². The van der Waals surface area contributed by atoms with Crippen LogP contribution >= 0.6 is 0 Å². The lowest BCUT2D eigenvalue weighted by molar-refractivity contribution is 0.725. The molecule has 0 saturated carbocycles. The number of rotatable bonds is 5. The topological polar surface area (TPSA) is 50.8 Å². The maximum Gasteiger partial charge on any atom is 0.150 e. The molecular formula is C17H15N3. The molecule has 3 nitrogen and oxygen atoms in total. The summed E-state index contributed by atoms with van der Waals surface area (Å²) >= 11 is 0. The highest BCUT2D eigenvalue weighted by molar-refractivity contribution is 5.47. The van der Waals surface area contributed by atoms with Crippen LogP contribution in [0.3, 0.4) is 0 Å². The molecule has 0 N–H and O–H groups in total. The zero-order valence-corrected chi connectivity index (χ0v) is 11.1. The minimum Gasteiger partial charge on any atom is -0.365 e. The van der Waals surface area contributed by atoms with Crippen molar-refractivity contribution in [2.75, 3.05) is 11.4 Å². The Labute approximate surface area is 119 Å². The third-order valence-electron chi connectivity index (χ3n) is 3.05. The molecule has 2 aromatic rings. The van der Waals surface area contributed by atoms with Crippen molar-refractivity contribution >= 4 is 5.69 Å². The van der Waals surface area contributed by atoms with E-state index in [2.05, 4.69) is 4.90 Å². The second kappa shape index (κ2) is 6.97. The van der Waals surface area contributed by atoms with Gasteiger partial charge in [-0.2, -0.15) is 10.5 Å². The van der Waals surface area contributed by atoms with Gasteiger partial charge in [-0.3, -0.25) is 0 Å². The van der Waals surface area contributed by atoms with Gasteiger partial charge in [0.15, 0.2) is 5.92 Å². The molecule has 0 aromatic heterocycles. The number of nitrogens with zero attached hydrogens (tertiary/aromatic N) is 3. The minimum absolute atomic E-state index is 0.409. The fourth-order valence-corrected chi connectivity index (χ4v) is 2.03. The van der Waals surface area contributed by atoms with Gasteiger partial charge in [-0.15, -0.1) is 0 Å². The van der Waals surface area contributed by atoms with Crippen molar-refractivity contribution in [1.82, 2.24) is 0 Å². The predicted molar refractivity (Wildman–Crippen MR) is 78.7 cm³/mol. The third kappa shape index (κ3) is 3.60. The summed E-state index contributed by atoms with van der Waals surface area (Å²) in [6, 6.07) is 24.0. The molecule has 98 valence electrons. The van der Waals surface area contributed by atoms with Crippen molar-refractivity contribution in [2.24, 2.45) is 5.92 Å². The summed E-state index contributed by atoms with van der Waals surface area (Å²) in [5, 5.41) is 18.0. The van der Waals surface area contributed by atoms with Gasteiger partial charge in [-0.1, -0.05) is 48.5 Å². The third-order valence-corrected chi connectivity index (χ3v) is 3.05. The highest BCUT2D eigenvalue weighted by Crippen LogP contribution is 2.18. The SMILES string of the molecule is N#CC(C#N)CN(Cc1ccccc1)c1ccccc1. The van der Waals surface area contributed by atoms with Gasteiger partial charge >= 0.3 is 0 Å². The molecule has 0 bridgehead atoms. The molecule has 2 rings (SSSR count). The largest absolute Gasteiger partial charge is 0.365 e. The molecule has 20 heavy (non-hydrogen) atoms. The van der Waals surface area contributed by atoms with Crippen LogP contribution in [0.2, 0.25) is 0 Å². The summed E-state index contributed by atoms with van der Waals surface area (Å²) in [7, 11) is 0. The van der Waals surface area contributed by atoms with Gasteiger partial charge in [0.05, 0.1) is 12.1 Å². The number of hydrogen-bond donors (Lipinski definition) is 0. The van der Waals surface area contributed by atoms with E-state index in [9.17, 15) is 0 Å². The Morgan fingerprint density at radius 1 is 0.850 bits per heavy atom. The number of hydrogen-bond acceptors (Lipinski definition) is 3. The lowest BCUT2D eigenvalue weighted by Gasteiger charge is -2.25. The predicted octanol–water partition coefficient (Wildman–Crippen LogP) is 3.36. The molecule has 0 fully saturated rings. The van der Waals surface area contributed by atoms with Crippen LogP contribution in [0.4, 0.5) is 5.69 Å². The van der Waals surface area contributed by atoms with Crippen molar-refractivity contribution in [3.8, 4) is 12.1 Å². The van der Waals surface area contributed by atoms with E-state index in [0.717, 1.165) is 11.3 Å². The summed E-state index contributed by atoms with van der Waals surface area (Å²) < 4.78 is 0. The van der Waals surface area contributed by atoms with Gasteiger partial charge in [0.25, 0.3) is 0 Å². The lowest BCUT2D eigenvalue weighted by Crippen LogP contribution is -2.28. The molecule has 0 aliphatic rings. The van der Waals surface area contributed by atoms with E-state index < -0.39 is 5.92 Å². The first-order valence-corrected chi connectivity index (χ1v) is 6.46. The van der Waals surface area contributed by atoms with Crippen LogP contribution < -0.4 is 4.90 Å². The van der Waals surface area contributed by atoms with Gasteiger partial charge in [0, 0.05) is 18.8 Å². The van der Waals surface area contributed by atoms with Crippen LogP contribution in [0.1, 0.15) is 5.56 Å². The Kier molecular flexibility index (Phi) is 4.76. The van der Waals surface area contributed by atoms with E-state index in [4.69, 9.17) is 10.5 Å². The minimum atomic E-state index is -0.626. The standard InChI is InChI=1S/C17H15N3/c18-11-16(12-19)14-20(17-9-5-2-6-10-17)13-15-7-3-1-4-8-15/h1-10,16H,13-14H2. The molecule has 0 spiro atoms. The van der Waals surface area contributed by atoms with Crippen LogP contribution in [-0.4, -0.2) is 6.54 Å². The zero-order chi connectivity index (χ0) is 14.2. The number of anilines is 1. The second-order valence-corrected chi connectivity index (χ2v) is 4.51. The zero-order valence-electron chi connectivity index (χ0n) is 11.1. The van der Waals surface area contributed by atoms with Gasteiger partial charge in [0.1, 0.15) is 0 Å². The fraction of sp³-hybridized carbons (Fsp3) is 0.176. The Morgan fingerprint density at radius 2 is 1.40 bits per heavy atom. The fourth-order valence-electron chi connectivity index (χ4n) is 2.03. The molecule has 0 heterocycles. The van der Waals surface area contributed by atoms with E-state index >= 15 is 0 Å². The van der Waals surface area contributed by atoms with E-state index in [-0.39, 0.29) is 0 Å². The van der Waals surface area contributed by atoms with Crippen LogP contribution in [0.25, 0.3) is 0 Å². The molecule has 2 aromatic carbocycles. The highest BCUT2D eigenvalue weighted by atomic mass is 15.1. The molecule has 0 radical (unpaired) electrons. The smallest absolute Gasteiger partial charge is 0.150 e. The molecule has 0 saturated heterocycles. The number of nitriles is 2. The molecule has 0 amide bonds.